The standard InChI is InChI=1S/C10H13N3O5S/c1-2-16-9(15)18-10-17-7(5-19-10)13-4-3-6(11)12-8(13)14/h3-4,7,10H,2,5H2,1H3,(H2,11,12,14)/t7-,10-/m0/s1. The molecular formula is C10H13N3O5S. The van der Waals surface area contributed by atoms with Gasteiger partial charge >= 0.3 is 11.8 Å². The van der Waals surface area contributed by atoms with Gasteiger partial charge in [0.05, 0.1) is 6.61 Å². The first-order valence-corrected chi connectivity index (χ1v) is 6.60. The van der Waals surface area contributed by atoms with Crippen LogP contribution in [0.2, 0.25) is 0 Å². The molecule has 0 saturated carbocycles. The van der Waals surface area contributed by atoms with Crippen molar-refractivity contribution in [2.75, 3.05) is 18.1 Å². The summed E-state index contributed by atoms with van der Waals surface area (Å²) >= 11 is 1.25. The number of aromatic nitrogens is 2. The van der Waals surface area contributed by atoms with E-state index < -0.39 is 23.7 Å². The highest BCUT2D eigenvalue weighted by atomic mass is 32.2. The second-order valence-electron chi connectivity index (χ2n) is 3.56. The van der Waals surface area contributed by atoms with Gasteiger partial charge in [-0.3, -0.25) is 4.57 Å². The minimum absolute atomic E-state index is 0.145. The van der Waals surface area contributed by atoms with E-state index in [1.807, 2.05) is 0 Å². The minimum Gasteiger partial charge on any atom is -0.435 e. The number of anilines is 1. The van der Waals surface area contributed by atoms with Crippen molar-refractivity contribution in [3.05, 3.63) is 22.7 Å². The van der Waals surface area contributed by atoms with Gasteiger partial charge in [0, 0.05) is 11.9 Å². The molecule has 1 aromatic heterocycles. The molecule has 0 aliphatic carbocycles. The molecule has 1 fully saturated rings. The Labute approximate surface area is 112 Å². The Balaban J connectivity index is 1.98. The molecule has 2 heterocycles. The Bertz CT molecular complexity index is 520. The Morgan fingerprint density at radius 3 is 3.21 bits per heavy atom. The normalized spacial score (nSPS) is 22.2. The number of carbonyl (C=O) groups excluding carboxylic acids is 1. The van der Waals surface area contributed by atoms with Gasteiger partial charge in [-0.05, 0) is 13.0 Å². The Hall–Kier alpha value is -1.74. The van der Waals surface area contributed by atoms with Gasteiger partial charge in [-0.2, -0.15) is 4.98 Å². The third-order valence-corrected chi connectivity index (χ3v) is 3.22. The Morgan fingerprint density at radius 1 is 1.74 bits per heavy atom. The van der Waals surface area contributed by atoms with E-state index in [-0.39, 0.29) is 12.4 Å². The molecule has 2 N–H and O–H groups in total. The van der Waals surface area contributed by atoms with E-state index in [9.17, 15) is 9.59 Å². The molecule has 2 rings (SSSR count). The minimum atomic E-state index is -0.802. The van der Waals surface area contributed by atoms with Crippen LogP contribution in [-0.4, -0.2) is 33.7 Å². The van der Waals surface area contributed by atoms with Gasteiger partial charge in [0.1, 0.15) is 5.82 Å². The molecule has 0 aromatic carbocycles. The number of hydrogen-bond donors (Lipinski definition) is 1. The Morgan fingerprint density at radius 2 is 2.53 bits per heavy atom. The molecule has 0 unspecified atom stereocenters. The van der Waals surface area contributed by atoms with Crippen LogP contribution in [0.4, 0.5) is 10.6 Å². The quantitative estimate of drug-likeness (QED) is 0.803. The molecule has 1 saturated heterocycles. The zero-order valence-corrected chi connectivity index (χ0v) is 11.0. The maximum Gasteiger partial charge on any atom is 0.511 e. The molecule has 1 aliphatic heterocycles. The first-order valence-electron chi connectivity index (χ1n) is 5.55. The third kappa shape index (κ3) is 3.38. The summed E-state index contributed by atoms with van der Waals surface area (Å²) in [7, 11) is 0. The highest BCUT2D eigenvalue weighted by molar-refractivity contribution is 7.99. The van der Waals surface area contributed by atoms with E-state index in [0.717, 1.165) is 0 Å². The second-order valence-corrected chi connectivity index (χ2v) is 4.61. The van der Waals surface area contributed by atoms with Crippen LogP contribution in [0.5, 0.6) is 0 Å². The van der Waals surface area contributed by atoms with Crippen molar-refractivity contribution in [1.29, 1.82) is 0 Å². The molecule has 1 aliphatic rings. The summed E-state index contributed by atoms with van der Waals surface area (Å²) in [4.78, 5) is 26.3. The van der Waals surface area contributed by atoms with Gasteiger partial charge < -0.3 is 19.9 Å². The Kier molecular flexibility index (Phi) is 4.27. The largest absolute Gasteiger partial charge is 0.511 e. The summed E-state index contributed by atoms with van der Waals surface area (Å²) in [6.45, 7) is 1.90. The summed E-state index contributed by atoms with van der Waals surface area (Å²) in [6.07, 6.45) is 0.135. The highest BCUT2D eigenvalue weighted by Gasteiger charge is 2.31. The maximum absolute atomic E-state index is 11.6. The van der Waals surface area contributed by atoms with E-state index in [0.29, 0.717) is 5.75 Å². The molecule has 0 bridgehead atoms. The summed E-state index contributed by atoms with van der Waals surface area (Å²) < 4.78 is 16.2. The molecule has 9 heteroatoms. The number of nitrogen functional groups attached to an aromatic ring is 1. The lowest BCUT2D eigenvalue weighted by molar-refractivity contribution is -0.104. The molecular weight excluding hydrogens is 274 g/mol. The van der Waals surface area contributed by atoms with Crippen LogP contribution in [0.15, 0.2) is 17.1 Å². The summed E-state index contributed by atoms with van der Waals surface area (Å²) in [6, 6.07) is 1.49. The van der Waals surface area contributed by atoms with Gasteiger partial charge in [-0.1, -0.05) is 11.8 Å². The van der Waals surface area contributed by atoms with Gasteiger partial charge in [0.2, 0.25) is 0 Å². The van der Waals surface area contributed by atoms with Crippen LogP contribution in [0.3, 0.4) is 0 Å². The van der Waals surface area contributed by atoms with Crippen molar-refractivity contribution < 1.29 is 19.0 Å². The molecule has 2 atom stereocenters. The molecule has 8 nitrogen and oxygen atoms in total. The fourth-order valence-corrected chi connectivity index (χ4v) is 2.37. The van der Waals surface area contributed by atoms with Crippen LogP contribution in [0, 0.1) is 0 Å². The van der Waals surface area contributed by atoms with E-state index in [2.05, 4.69) is 9.72 Å². The SMILES string of the molecule is CCOC(=O)O[C@@H]1O[C@H](n2ccc(N)nc2=O)CS1. The average Bonchev–Trinajstić information content (AvgIpc) is 2.77. The lowest BCUT2D eigenvalue weighted by atomic mass is 10.5. The van der Waals surface area contributed by atoms with E-state index in [1.54, 1.807) is 6.92 Å². The highest BCUT2D eigenvalue weighted by Crippen LogP contribution is 2.31. The second kappa shape index (κ2) is 5.93. The van der Waals surface area contributed by atoms with Gasteiger partial charge in [0.25, 0.3) is 5.62 Å². The maximum atomic E-state index is 11.6. The van der Waals surface area contributed by atoms with Crippen molar-refractivity contribution in [1.82, 2.24) is 9.55 Å². The predicted molar refractivity (Wildman–Crippen MR) is 67.4 cm³/mol. The van der Waals surface area contributed by atoms with E-state index in [1.165, 1.54) is 28.6 Å². The zero-order valence-electron chi connectivity index (χ0n) is 10.1. The first-order chi connectivity index (χ1) is 9.10. The number of rotatable bonds is 3. The van der Waals surface area contributed by atoms with Gasteiger partial charge in [-0.15, -0.1) is 0 Å². The number of nitrogens with zero attached hydrogens (tertiary/aromatic N) is 2. The monoisotopic (exact) mass is 287 g/mol. The summed E-state index contributed by atoms with van der Waals surface area (Å²) in [5.74, 6) is 0.599. The number of carbonyl (C=O) groups is 1. The van der Waals surface area contributed by atoms with Gasteiger partial charge in [-0.25, -0.2) is 9.59 Å². The average molecular weight is 287 g/mol. The van der Waals surface area contributed by atoms with Crippen LogP contribution >= 0.6 is 11.8 Å². The lowest BCUT2D eigenvalue weighted by Gasteiger charge is -2.14. The molecule has 0 radical (unpaired) electrons. The zero-order chi connectivity index (χ0) is 13.8. The fraction of sp³-hybridized carbons (Fsp3) is 0.500. The number of ether oxygens (including phenoxy) is 3. The van der Waals surface area contributed by atoms with Crippen molar-refractivity contribution >= 4 is 23.7 Å². The number of nitrogens with two attached hydrogens (primary N) is 1. The van der Waals surface area contributed by atoms with Crippen molar-refractivity contribution in [2.45, 2.75) is 18.8 Å². The fourth-order valence-electron chi connectivity index (χ4n) is 1.45. The number of thioether (sulfide) groups is 1. The summed E-state index contributed by atoms with van der Waals surface area (Å²) in [5, 5.41) is 0. The van der Waals surface area contributed by atoms with Crippen LogP contribution in [-0.2, 0) is 14.2 Å². The molecule has 104 valence electrons. The van der Waals surface area contributed by atoms with Crippen molar-refractivity contribution in [3.63, 3.8) is 0 Å². The van der Waals surface area contributed by atoms with E-state index >= 15 is 0 Å². The van der Waals surface area contributed by atoms with Crippen LogP contribution in [0.1, 0.15) is 13.2 Å². The topological polar surface area (TPSA) is 106 Å². The lowest BCUT2D eigenvalue weighted by Crippen LogP contribution is -2.29. The molecule has 1 aromatic rings. The van der Waals surface area contributed by atoms with Crippen LogP contribution < -0.4 is 11.4 Å². The summed E-state index contributed by atoms with van der Waals surface area (Å²) in [5.41, 5.74) is 4.09. The van der Waals surface area contributed by atoms with E-state index in [4.69, 9.17) is 15.2 Å². The van der Waals surface area contributed by atoms with Gasteiger partial charge in [0.15, 0.2) is 6.23 Å². The molecule has 0 amide bonds. The van der Waals surface area contributed by atoms with Crippen molar-refractivity contribution in [3.8, 4) is 0 Å². The van der Waals surface area contributed by atoms with Crippen LogP contribution in [0.25, 0.3) is 0 Å². The molecule has 0 spiro atoms. The van der Waals surface area contributed by atoms with Crippen molar-refractivity contribution in [2.24, 2.45) is 0 Å². The first kappa shape index (κ1) is 13.7. The number of hydrogen-bond acceptors (Lipinski definition) is 8. The smallest absolute Gasteiger partial charge is 0.435 e. The third-order valence-electron chi connectivity index (χ3n) is 2.26. The molecule has 19 heavy (non-hydrogen) atoms. The predicted octanol–water partition coefficient (Wildman–Crippen LogP) is 0.544.